The Morgan fingerprint density at radius 3 is 1.68 bits per heavy atom. The summed E-state index contributed by atoms with van der Waals surface area (Å²) in [7, 11) is -3.82. The topological polar surface area (TPSA) is 55.8 Å². The Bertz CT molecular complexity index is 530. The van der Waals surface area contributed by atoms with Gasteiger partial charge in [-0.1, -0.05) is 69.2 Å². The van der Waals surface area contributed by atoms with Crippen LogP contribution < -0.4 is 0 Å². The highest BCUT2D eigenvalue weighted by Gasteiger charge is 2.43. The molecule has 186 valence electrons. The van der Waals surface area contributed by atoms with Crippen molar-refractivity contribution < 1.29 is 18.8 Å². The fourth-order valence-corrected chi connectivity index (χ4v) is 8.35. The van der Waals surface area contributed by atoms with E-state index in [0.29, 0.717) is 0 Å². The maximum absolute atomic E-state index is 12.3. The molecule has 0 spiro atoms. The van der Waals surface area contributed by atoms with Crippen LogP contribution in [-0.2, 0) is 13.6 Å². The number of aliphatic hydroxyl groups is 1. The number of carbonyl (C=O) groups excluding carboxylic acids is 1. The smallest absolute Gasteiger partial charge is 0.192 e. The fraction of sp³-hybridized carbons (Fsp3) is 0.960. The molecule has 0 aromatic carbocycles. The van der Waals surface area contributed by atoms with E-state index in [1.54, 1.807) is 0 Å². The van der Waals surface area contributed by atoms with Crippen LogP contribution in [-0.4, -0.2) is 45.8 Å². The van der Waals surface area contributed by atoms with Crippen molar-refractivity contribution in [3.63, 3.8) is 0 Å². The molecule has 0 rings (SSSR count). The molecule has 0 aromatic rings. The number of ketones is 1. The van der Waals surface area contributed by atoms with E-state index in [2.05, 4.69) is 75.4 Å². The van der Waals surface area contributed by atoms with Crippen LogP contribution in [0.4, 0.5) is 0 Å². The fourth-order valence-electron chi connectivity index (χ4n) is 3.84. The Labute approximate surface area is 196 Å². The Balaban J connectivity index is 5.87. The van der Waals surface area contributed by atoms with Crippen molar-refractivity contribution in [3.8, 4) is 0 Å². The van der Waals surface area contributed by atoms with Crippen LogP contribution in [0, 0.1) is 17.8 Å². The zero-order valence-electron chi connectivity index (χ0n) is 23.0. The second-order valence-corrected chi connectivity index (χ2v) is 21.0. The first-order chi connectivity index (χ1) is 14.0. The second kappa shape index (κ2) is 12.4. The van der Waals surface area contributed by atoms with Gasteiger partial charge in [0.15, 0.2) is 16.6 Å². The third-order valence-electron chi connectivity index (χ3n) is 8.04. The Morgan fingerprint density at radius 1 is 0.871 bits per heavy atom. The summed E-state index contributed by atoms with van der Waals surface area (Å²) in [4.78, 5) is 12.3. The first-order valence-electron chi connectivity index (χ1n) is 12.5. The first kappa shape index (κ1) is 31.0. The molecular formula is C25H54O4Si2. The number of aliphatic hydroxyl groups excluding tert-OH is 1. The number of Topliss-reactive ketones (excluding diaryl/α,β-unsaturated/α-hetero) is 1. The summed E-state index contributed by atoms with van der Waals surface area (Å²) in [6, 6.07) is 3.19. The van der Waals surface area contributed by atoms with E-state index in [1.807, 2.05) is 13.8 Å². The molecule has 0 aliphatic rings. The molecule has 0 radical (unpaired) electrons. The van der Waals surface area contributed by atoms with Crippen molar-refractivity contribution in [1.29, 1.82) is 0 Å². The number of hydrogen-bond donors (Lipinski definition) is 1. The summed E-state index contributed by atoms with van der Waals surface area (Å²) in [5.74, 6) is 0.0559. The zero-order chi connectivity index (χ0) is 24.8. The highest BCUT2D eigenvalue weighted by Crippen LogP contribution is 2.39. The Kier molecular flexibility index (Phi) is 12.4. The molecule has 0 aromatic heterocycles. The average Bonchev–Trinajstić information content (AvgIpc) is 2.67. The average molecular weight is 475 g/mol. The molecule has 0 saturated carbocycles. The summed E-state index contributed by atoms with van der Waals surface area (Å²) in [5.41, 5.74) is 0. The molecule has 1 N–H and O–H groups in total. The minimum absolute atomic E-state index is 0.0265. The third kappa shape index (κ3) is 8.69. The summed E-state index contributed by atoms with van der Waals surface area (Å²) in [6.45, 7) is 28.3. The van der Waals surface area contributed by atoms with E-state index in [0.717, 1.165) is 18.1 Å². The molecule has 0 aliphatic carbocycles. The lowest BCUT2D eigenvalue weighted by molar-refractivity contribution is -0.125. The van der Waals surface area contributed by atoms with E-state index < -0.39 is 22.7 Å². The maximum atomic E-state index is 12.3. The highest BCUT2D eigenvalue weighted by atomic mass is 28.4. The van der Waals surface area contributed by atoms with Crippen LogP contribution >= 0.6 is 0 Å². The van der Waals surface area contributed by atoms with Crippen LogP contribution in [0.5, 0.6) is 0 Å². The van der Waals surface area contributed by atoms with Gasteiger partial charge in [-0.3, -0.25) is 4.79 Å². The number of rotatable bonds is 14. The summed E-state index contributed by atoms with van der Waals surface area (Å²) in [6.07, 6.45) is -0.596. The van der Waals surface area contributed by atoms with Crippen LogP contribution in [0.3, 0.4) is 0 Å². The van der Waals surface area contributed by atoms with Gasteiger partial charge in [-0.15, -0.1) is 0 Å². The lowest BCUT2D eigenvalue weighted by atomic mass is 9.84. The third-order valence-corrected chi connectivity index (χ3v) is 17.3. The van der Waals surface area contributed by atoms with Crippen molar-refractivity contribution in [1.82, 2.24) is 0 Å². The van der Waals surface area contributed by atoms with E-state index in [9.17, 15) is 9.90 Å². The van der Waals surface area contributed by atoms with Crippen molar-refractivity contribution in [2.75, 3.05) is 0 Å². The van der Waals surface area contributed by atoms with Crippen molar-refractivity contribution in [2.45, 2.75) is 137 Å². The van der Waals surface area contributed by atoms with Crippen LogP contribution in [0.15, 0.2) is 0 Å². The van der Waals surface area contributed by atoms with Gasteiger partial charge in [0.05, 0.1) is 12.2 Å². The van der Waals surface area contributed by atoms with Crippen LogP contribution in [0.2, 0.25) is 36.3 Å². The quantitative estimate of drug-likeness (QED) is 0.274. The molecule has 0 saturated heterocycles. The van der Waals surface area contributed by atoms with Gasteiger partial charge in [0.2, 0.25) is 0 Å². The minimum atomic E-state index is -1.92. The van der Waals surface area contributed by atoms with Gasteiger partial charge in [-0.2, -0.15) is 0 Å². The normalized spacial score (nSPS) is 18.5. The number of hydrogen-bond acceptors (Lipinski definition) is 4. The summed E-state index contributed by atoms with van der Waals surface area (Å²) in [5, 5.41) is 11.1. The van der Waals surface area contributed by atoms with Crippen molar-refractivity contribution >= 4 is 22.4 Å². The lowest BCUT2D eigenvalue weighted by Crippen LogP contribution is -2.52. The molecular weight excluding hydrogens is 420 g/mol. The molecule has 0 bridgehead atoms. The van der Waals surface area contributed by atoms with E-state index in [1.165, 1.54) is 0 Å². The van der Waals surface area contributed by atoms with Crippen molar-refractivity contribution in [3.05, 3.63) is 0 Å². The standard InChI is InChI=1S/C25H54O4Si2/c1-14-31(15-2,16-3)29-24(20(7)23(27)17-22(26)18(4)5)19(6)21(8)28-30(12,13)25(9,10)11/h18-21,23-24,27H,14-17H2,1-13H3/t19-,20-,21-,23-,24+/m0/s1. The van der Waals surface area contributed by atoms with Crippen LogP contribution in [0.1, 0.15) is 82.6 Å². The Hall–Kier alpha value is -0.0162. The molecule has 0 fully saturated rings. The maximum Gasteiger partial charge on any atom is 0.192 e. The predicted octanol–water partition coefficient (Wildman–Crippen LogP) is 7.04. The largest absolute Gasteiger partial charge is 0.414 e. The second-order valence-electron chi connectivity index (χ2n) is 11.5. The number of carbonyl (C=O) groups is 1. The van der Waals surface area contributed by atoms with Crippen molar-refractivity contribution in [2.24, 2.45) is 17.8 Å². The summed E-state index contributed by atoms with van der Waals surface area (Å²) < 4.78 is 13.7. The van der Waals surface area contributed by atoms with E-state index in [-0.39, 0.29) is 47.2 Å². The molecule has 0 aliphatic heterocycles. The van der Waals surface area contributed by atoms with Crippen LogP contribution in [0.25, 0.3) is 0 Å². The van der Waals surface area contributed by atoms with Gasteiger partial charge in [-0.25, -0.2) is 0 Å². The van der Waals surface area contributed by atoms with E-state index in [4.69, 9.17) is 8.85 Å². The molecule has 6 heteroatoms. The lowest BCUT2D eigenvalue weighted by Gasteiger charge is -2.45. The zero-order valence-corrected chi connectivity index (χ0v) is 25.0. The first-order valence-corrected chi connectivity index (χ1v) is 18.0. The van der Waals surface area contributed by atoms with Gasteiger partial charge in [0.25, 0.3) is 0 Å². The molecule has 4 nitrogen and oxygen atoms in total. The Morgan fingerprint density at radius 2 is 1.32 bits per heavy atom. The van der Waals surface area contributed by atoms with Gasteiger partial charge in [-0.05, 0) is 43.2 Å². The predicted molar refractivity (Wildman–Crippen MR) is 139 cm³/mol. The monoisotopic (exact) mass is 474 g/mol. The molecule has 0 heterocycles. The molecule has 5 atom stereocenters. The molecule has 31 heavy (non-hydrogen) atoms. The molecule has 0 unspecified atom stereocenters. The SMILES string of the molecule is CC[Si](CC)(CC)O[C@H]([C@@H](C)[C@H](C)O[Si](C)(C)C(C)(C)C)[C@@H](C)[C@@H](O)CC(=O)C(C)C. The van der Waals surface area contributed by atoms with Gasteiger partial charge >= 0.3 is 0 Å². The minimum Gasteiger partial charge on any atom is -0.414 e. The highest BCUT2D eigenvalue weighted by molar-refractivity contribution is 6.74. The van der Waals surface area contributed by atoms with Gasteiger partial charge < -0.3 is 14.0 Å². The van der Waals surface area contributed by atoms with E-state index >= 15 is 0 Å². The molecule has 0 amide bonds. The van der Waals surface area contributed by atoms with Gasteiger partial charge in [0, 0.05) is 30.3 Å². The summed E-state index contributed by atoms with van der Waals surface area (Å²) >= 11 is 0. The van der Waals surface area contributed by atoms with Gasteiger partial charge in [0.1, 0.15) is 5.78 Å².